The van der Waals surface area contributed by atoms with Gasteiger partial charge in [0, 0.05) is 17.6 Å². The van der Waals surface area contributed by atoms with Crippen molar-refractivity contribution in [1.82, 2.24) is 4.90 Å². The first-order chi connectivity index (χ1) is 8.50. The van der Waals surface area contributed by atoms with Crippen LogP contribution in [0.15, 0.2) is 16.6 Å². The van der Waals surface area contributed by atoms with Crippen molar-refractivity contribution < 1.29 is 9.18 Å². The molecule has 4 heteroatoms. The van der Waals surface area contributed by atoms with Crippen molar-refractivity contribution in [2.75, 3.05) is 13.1 Å². The highest BCUT2D eigenvalue weighted by atomic mass is 79.9. The molecule has 1 heterocycles. The lowest BCUT2D eigenvalue weighted by Crippen LogP contribution is -2.38. The number of rotatable bonds is 1. The molecule has 1 aliphatic rings. The summed E-state index contributed by atoms with van der Waals surface area (Å²) in [6.07, 6.45) is 2.01. The molecule has 0 bridgehead atoms. The lowest BCUT2D eigenvalue weighted by molar-refractivity contribution is 0.0692. The molecule has 98 valence electrons. The van der Waals surface area contributed by atoms with Crippen molar-refractivity contribution in [3.8, 4) is 0 Å². The van der Waals surface area contributed by atoms with E-state index >= 15 is 0 Å². The minimum Gasteiger partial charge on any atom is -0.339 e. The Morgan fingerprint density at radius 2 is 2.00 bits per heavy atom. The number of hydrogen-bond acceptors (Lipinski definition) is 1. The number of hydrogen-bond donors (Lipinski definition) is 0. The van der Waals surface area contributed by atoms with Gasteiger partial charge in [0.1, 0.15) is 5.82 Å². The van der Waals surface area contributed by atoms with Crippen LogP contribution in [0.1, 0.15) is 35.7 Å². The Kier molecular flexibility index (Phi) is 4.05. The molecule has 0 saturated carbocycles. The van der Waals surface area contributed by atoms with Crippen molar-refractivity contribution in [3.05, 3.63) is 33.5 Å². The monoisotopic (exact) mass is 313 g/mol. The van der Waals surface area contributed by atoms with Gasteiger partial charge in [0.25, 0.3) is 5.91 Å². The molecule has 0 radical (unpaired) electrons. The smallest absolute Gasteiger partial charge is 0.256 e. The number of piperidine rings is 1. The zero-order chi connectivity index (χ0) is 13.3. The quantitative estimate of drug-likeness (QED) is 0.773. The Bertz CT molecular complexity index is 467. The van der Waals surface area contributed by atoms with E-state index in [4.69, 9.17) is 0 Å². The summed E-state index contributed by atoms with van der Waals surface area (Å²) in [7, 11) is 0. The Labute approximate surface area is 115 Å². The Morgan fingerprint density at radius 1 is 1.39 bits per heavy atom. The maximum Gasteiger partial charge on any atom is 0.256 e. The largest absolute Gasteiger partial charge is 0.339 e. The maximum atomic E-state index is 14.1. The predicted octanol–water partition coefficient (Wildman–Crippen LogP) is 3.77. The predicted molar refractivity (Wildman–Crippen MR) is 73.1 cm³/mol. The molecular formula is C14H17BrFNO. The molecule has 1 aliphatic heterocycles. The van der Waals surface area contributed by atoms with E-state index < -0.39 is 5.82 Å². The van der Waals surface area contributed by atoms with E-state index in [0.717, 1.165) is 25.9 Å². The lowest BCUT2D eigenvalue weighted by Gasteiger charge is -2.30. The van der Waals surface area contributed by atoms with Gasteiger partial charge in [-0.15, -0.1) is 0 Å². The summed E-state index contributed by atoms with van der Waals surface area (Å²) in [4.78, 5) is 14.0. The second-order valence-electron chi connectivity index (χ2n) is 5.01. The normalized spacial score (nSPS) is 17.0. The molecule has 18 heavy (non-hydrogen) atoms. The number of nitrogens with zero attached hydrogens (tertiary/aromatic N) is 1. The highest BCUT2D eigenvalue weighted by Crippen LogP contribution is 2.24. The molecule has 0 aromatic heterocycles. The number of halogens is 2. The van der Waals surface area contributed by atoms with Crippen LogP contribution in [0, 0.1) is 18.7 Å². The van der Waals surface area contributed by atoms with E-state index in [1.807, 2.05) is 0 Å². The third-order valence-corrected chi connectivity index (χ3v) is 4.48. The second kappa shape index (κ2) is 5.39. The fourth-order valence-corrected chi connectivity index (χ4v) is 2.51. The molecule has 1 saturated heterocycles. The van der Waals surface area contributed by atoms with Gasteiger partial charge in [0.15, 0.2) is 0 Å². The summed E-state index contributed by atoms with van der Waals surface area (Å²) < 4.78 is 14.8. The fraction of sp³-hybridized carbons (Fsp3) is 0.500. The summed E-state index contributed by atoms with van der Waals surface area (Å²) in [5.41, 5.74) is 0.677. The third-order valence-electron chi connectivity index (χ3n) is 3.62. The summed E-state index contributed by atoms with van der Waals surface area (Å²) in [6.45, 7) is 5.32. The van der Waals surface area contributed by atoms with Crippen LogP contribution in [0.4, 0.5) is 4.39 Å². The second-order valence-corrected chi connectivity index (χ2v) is 5.86. The summed E-state index contributed by atoms with van der Waals surface area (Å²) in [5.74, 6) is 0.0635. The van der Waals surface area contributed by atoms with Crippen molar-refractivity contribution in [1.29, 1.82) is 0 Å². The zero-order valence-electron chi connectivity index (χ0n) is 10.7. The van der Waals surface area contributed by atoms with Crippen molar-refractivity contribution in [2.24, 2.45) is 5.92 Å². The summed E-state index contributed by atoms with van der Waals surface area (Å²) in [5, 5.41) is 0. The minimum absolute atomic E-state index is 0.185. The molecule has 1 aromatic rings. The van der Waals surface area contributed by atoms with Gasteiger partial charge in [0.05, 0.1) is 5.56 Å². The molecule has 1 fully saturated rings. The first kappa shape index (κ1) is 13.5. The lowest BCUT2D eigenvalue weighted by atomic mass is 9.98. The average Bonchev–Trinajstić information content (AvgIpc) is 2.36. The number of carbonyl (C=O) groups excluding carboxylic acids is 1. The van der Waals surface area contributed by atoms with Gasteiger partial charge in [-0.3, -0.25) is 4.79 Å². The first-order valence-corrected chi connectivity index (χ1v) is 7.04. The van der Waals surface area contributed by atoms with Crippen LogP contribution < -0.4 is 0 Å². The molecule has 2 nitrogen and oxygen atoms in total. The number of carbonyl (C=O) groups is 1. The van der Waals surface area contributed by atoms with E-state index in [9.17, 15) is 9.18 Å². The van der Waals surface area contributed by atoms with Crippen LogP contribution in [0.25, 0.3) is 0 Å². The minimum atomic E-state index is -0.409. The molecule has 1 amide bonds. The number of amides is 1. The fourth-order valence-electron chi connectivity index (χ4n) is 2.21. The summed E-state index contributed by atoms with van der Waals surface area (Å²) in [6, 6.07) is 3.30. The van der Waals surface area contributed by atoms with E-state index in [2.05, 4.69) is 22.9 Å². The van der Waals surface area contributed by atoms with Crippen molar-refractivity contribution in [2.45, 2.75) is 26.7 Å². The first-order valence-electron chi connectivity index (χ1n) is 6.24. The molecule has 0 aliphatic carbocycles. The van der Waals surface area contributed by atoms with Gasteiger partial charge < -0.3 is 4.90 Å². The Balaban J connectivity index is 2.21. The van der Waals surface area contributed by atoms with Crippen molar-refractivity contribution in [3.63, 3.8) is 0 Å². The molecule has 0 spiro atoms. The summed E-state index contributed by atoms with van der Waals surface area (Å²) >= 11 is 3.27. The molecule has 1 aromatic carbocycles. The highest BCUT2D eigenvalue weighted by molar-refractivity contribution is 9.10. The maximum absolute atomic E-state index is 14.1. The SMILES string of the molecule is Cc1c(Br)ccc(C(=O)N2CCC(C)CC2)c1F. The van der Waals surface area contributed by atoms with E-state index in [1.165, 1.54) is 0 Å². The van der Waals surface area contributed by atoms with Crippen LogP contribution in [0.3, 0.4) is 0 Å². The van der Waals surface area contributed by atoms with Crippen LogP contribution in [0.2, 0.25) is 0 Å². The van der Waals surface area contributed by atoms with Crippen molar-refractivity contribution >= 4 is 21.8 Å². The van der Waals surface area contributed by atoms with Gasteiger partial charge in [-0.1, -0.05) is 22.9 Å². The molecule has 0 unspecified atom stereocenters. The average molecular weight is 314 g/mol. The van der Waals surface area contributed by atoms with E-state index in [-0.39, 0.29) is 11.5 Å². The van der Waals surface area contributed by atoms with Crippen LogP contribution in [-0.2, 0) is 0 Å². The highest BCUT2D eigenvalue weighted by Gasteiger charge is 2.24. The third kappa shape index (κ3) is 2.58. The standard InChI is InChI=1S/C14H17BrFNO/c1-9-5-7-17(8-6-9)14(18)11-3-4-12(15)10(2)13(11)16/h3-4,9H,5-8H2,1-2H3. The van der Waals surface area contributed by atoms with Gasteiger partial charge in [-0.2, -0.15) is 0 Å². The van der Waals surface area contributed by atoms with Crippen LogP contribution in [0.5, 0.6) is 0 Å². The van der Waals surface area contributed by atoms with E-state index in [1.54, 1.807) is 24.0 Å². The molecular weight excluding hydrogens is 297 g/mol. The zero-order valence-corrected chi connectivity index (χ0v) is 12.3. The molecule has 0 N–H and O–H groups in total. The molecule has 0 atom stereocenters. The topological polar surface area (TPSA) is 20.3 Å². The Hall–Kier alpha value is -0.900. The molecule has 2 rings (SSSR count). The van der Waals surface area contributed by atoms with Gasteiger partial charge >= 0.3 is 0 Å². The van der Waals surface area contributed by atoms with Gasteiger partial charge in [-0.25, -0.2) is 4.39 Å². The van der Waals surface area contributed by atoms with Crippen LogP contribution >= 0.6 is 15.9 Å². The van der Waals surface area contributed by atoms with Gasteiger partial charge in [0.2, 0.25) is 0 Å². The van der Waals surface area contributed by atoms with E-state index in [0.29, 0.717) is 16.0 Å². The Morgan fingerprint density at radius 3 is 2.61 bits per heavy atom. The van der Waals surface area contributed by atoms with Gasteiger partial charge in [-0.05, 0) is 43.4 Å². The number of benzene rings is 1. The number of likely N-dealkylation sites (tertiary alicyclic amines) is 1. The van der Waals surface area contributed by atoms with Crippen LogP contribution in [-0.4, -0.2) is 23.9 Å².